The van der Waals surface area contributed by atoms with Crippen LogP contribution in [0.3, 0.4) is 0 Å². The van der Waals surface area contributed by atoms with Gasteiger partial charge >= 0.3 is 11.9 Å². The van der Waals surface area contributed by atoms with Gasteiger partial charge in [0.2, 0.25) is 0 Å². The van der Waals surface area contributed by atoms with Crippen LogP contribution in [0.15, 0.2) is 60.8 Å². The van der Waals surface area contributed by atoms with Crippen LogP contribution in [-0.4, -0.2) is 69.9 Å². The normalized spacial score (nSPS) is 15.1. The first-order chi connectivity index (χ1) is 18.3. The Morgan fingerprint density at radius 3 is 2.53 bits per heavy atom. The first-order valence-corrected chi connectivity index (χ1v) is 13.2. The van der Waals surface area contributed by atoms with Gasteiger partial charge in [-0.05, 0) is 73.3 Å². The van der Waals surface area contributed by atoms with Crippen LogP contribution in [0, 0.1) is 0 Å². The summed E-state index contributed by atoms with van der Waals surface area (Å²) in [4.78, 5) is 26.4. The van der Waals surface area contributed by atoms with Gasteiger partial charge in [0.15, 0.2) is 0 Å². The molecule has 0 amide bonds. The Morgan fingerprint density at radius 2 is 1.84 bits per heavy atom. The topological polar surface area (TPSA) is 132 Å². The predicted molar refractivity (Wildman–Crippen MR) is 147 cm³/mol. The smallest absolute Gasteiger partial charge is 0.414 e. The first kappa shape index (κ1) is 27.5. The zero-order chi connectivity index (χ0) is 27.1. The third kappa shape index (κ3) is 7.05. The van der Waals surface area contributed by atoms with Crippen molar-refractivity contribution < 1.29 is 29.6 Å². The molecule has 1 saturated heterocycles. The summed E-state index contributed by atoms with van der Waals surface area (Å²) in [7, 11) is 1.66. The molecule has 4 N–H and O–H groups in total. The number of β-amino-alcohol motifs (C(OH)–C–C–N with tert-alkyl or cyclic N) is 1. The SMILES string of the molecule is COc1ccc2nccc([C@@H](O)CN3CCC(NCc4cc5ccccc5s4)CC3)c2c1.O=C(O)C(=O)O. The molecule has 10 heteroatoms. The molecule has 4 aromatic rings. The molecule has 38 heavy (non-hydrogen) atoms. The number of methoxy groups -OCH3 is 1. The maximum absolute atomic E-state index is 11.0. The lowest BCUT2D eigenvalue weighted by Crippen LogP contribution is -2.43. The molecule has 0 radical (unpaired) electrons. The quantitative estimate of drug-likeness (QED) is 0.259. The molecule has 2 aromatic heterocycles. The van der Waals surface area contributed by atoms with E-state index >= 15 is 0 Å². The second-order valence-electron chi connectivity index (χ2n) is 9.12. The van der Waals surface area contributed by atoms with E-state index in [2.05, 4.69) is 45.5 Å². The summed E-state index contributed by atoms with van der Waals surface area (Å²) in [5.74, 6) is -2.87. The largest absolute Gasteiger partial charge is 0.497 e. The Kier molecular flexibility index (Phi) is 9.24. The van der Waals surface area contributed by atoms with E-state index in [9.17, 15) is 5.11 Å². The molecule has 0 unspecified atom stereocenters. The lowest BCUT2D eigenvalue weighted by Gasteiger charge is -2.33. The first-order valence-electron chi connectivity index (χ1n) is 12.3. The highest BCUT2D eigenvalue weighted by atomic mass is 32.1. The van der Waals surface area contributed by atoms with Gasteiger partial charge in [0.1, 0.15) is 5.75 Å². The number of ether oxygens (including phenoxy) is 1. The number of hydrogen-bond acceptors (Lipinski definition) is 8. The summed E-state index contributed by atoms with van der Waals surface area (Å²) < 4.78 is 6.72. The van der Waals surface area contributed by atoms with Crippen LogP contribution in [0.4, 0.5) is 0 Å². The molecule has 0 spiro atoms. The lowest BCUT2D eigenvalue weighted by atomic mass is 10.0. The van der Waals surface area contributed by atoms with Crippen molar-refractivity contribution in [3.8, 4) is 5.75 Å². The molecule has 0 bridgehead atoms. The number of carboxylic acid groups (broad SMARTS) is 2. The van der Waals surface area contributed by atoms with Crippen molar-refractivity contribution in [1.82, 2.24) is 15.2 Å². The van der Waals surface area contributed by atoms with Crippen molar-refractivity contribution in [2.45, 2.75) is 31.5 Å². The lowest BCUT2D eigenvalue weighted by molar-refractivity contribution is -0.159. The third-order valence-electron chi connectivity index (χ3n) is 6.58. The molecule has 1 aliphatic rings. The van der Waals surface area contributed by atoms with E-state index in [1.54, 1.807) is 13.3 Å². The second kappa shape index (κ2) is 12.8. The number of rotatable bonds is 7. The Balaban J connectivity index is 0.000000505. The van der Waals surface area contributed by atoms with Gasteiger partial charge in [0.05, 0.1) is 18.7 Å². The van der Waals surface area contributed by atoms with Gasteiger partial charge in [-0.25, -0.2) is 9.59 Å². The van der Waals surface area contributed by atoms with Gasteiger partial charge in [-0.1, -0.05) is 18.2 Å². The van der Waals surface area contributed by atoms with Gasteiger partial charge in [0, 0.05) is 40.3 Å². The standard InChI is InChI=1S/C26H29N3O2S.C2H2O4/c1-31-20-6-7-24-23(15-20)22(8-11-27-24)25(30)17-29-12-9-19(10-13-29)28-16-21-14-18-4-2-3-5-26(18)32-21;3-1(4)2(5)6/h2-8,11,14-15,19,25,28,30H,9-10,12-13,16-17H2,1H3;(H,3,4)(H,5,6)/t25-;/m0./s1. The van der Waals surface area contributed by atoms with Crippen LogP contribution in [0.2, 0.25) is 0 Å². The van der Waals surface area contributed by atoms with Crippen molar-refractivity contribution >= 4 is 44.3 Å². The van der Waals surface area contributed by atoms with Crippen molar-refractivity contribution in [2.24, 2.45) is 0 Å². The van der Waals surface area contributed by atoms with Gasteiger partial charge in [0.25, 0.3) is 0 Å². The Labute approximate surface area is 224 Å². The summed E-state index contributed by atoms with van der Waals surface area (Å²) in [5, 5.41) is 31.8. The number of fused-ring (bicyclic) bond motifs is 2. The van der Waals surface area contributed by atoms with E-state index in [-0.39, 0.29) is 0 Å². The fourth-order valence-corrected chi connectivity index (χ4v) is 5.61. The van der Waals surface area contributed by atoms with Crippen LogP contribution in [-0.2, 0) is 16.1 Å². The fraction of sp³-hybridized carbons (Fsp3) is 0.321. The van der Waals surface area contributed by atoms with Gasteiger partial charge in [-0.2, -0.15) is 0 Å². The Hall–Kier alpha value is -3.57. The molecule has 1 atom stereocenters. The average Bonchev–Trinajstić information content (AvgIpc) is 3.35. The number of pyridine rings is 1. The number of likely N-dealkylation sites (tertiary alicyclic amines) is 1. The van der Waals surface area contributed by atoms with E-state index in [1.165, 1.54) is 15.0 Å². The fourth-order valence-electron chi connectivity index (χ4n) is 4.60. The van der Waals surface area contributed by atoms with Crippen molar-refractivity contribution in [3.63, 3.8) is 0 Å². The van der Waals surface area contributed by atoms with Crippen LogP contribution < -0.4 is 10.1 Å². The number of carboxylic acids is 2. The van der Waals surface area contributed by atoms with Crippen LogP contribution in [0.25, 0.3) is 21.0 Å². The molecule has 200 valence electrons. The summed E-state index contributed by atoms with van der Waals surface area (Å²) in [5.41, 5.74) is 1.80. The summed E-state index contributed by atoms with van der Waals surface area (Å²) in [6.45, 7) is 3.55. The zero-order valence-corrected chi connectivity index (χ0v) is 21.9. The number of aliphatic carboxylic acids is 2. The average molecular weight is 538 g/mol. The molecule has 5 rings (SSSR count). The minimum Gasteiger partial charge on any atom is -0.497 e. The highest BCUT2D eigenvalue weighted by molar-refractivity contribution is 7.19. The molecular weight excluding hydrogens is 506 g/mol. The molecule has 3 heterocycles. The Bertz CT molecular complexity index is 1350. The number of aliphatic hydroxyl groups is 1. The minimum atomic E-state index is -1.82. The number of aromatic nitrogens is 1. The highest BCUT2D eigenvalue weighted by Gasteiger charge is 2.22. The maximum Gasteiger partial charge on any atom is 0.414 e. The van der Waals surface area contributed by atoms with Crippen LogP contribution in [0.1, 0.15) is 29.4 Å². The minimum absolute atomic E-state index is 0.527. The second-order valence-corrected chi connectivity index (χ2v) is 10.3. The van der Waals surface area contributed by atoms with Gasteiger partial charge in [-0.15, -0.1) is 11.3 Å². The number of piperidine rings is 1. The van der Waals surface area contributed by atoms with Gasteiger partial charge < -0.3 is 30.3 Å². The van der Waals surface area contributed by atoms with E-state index in [0.717, 1.165) is 54.7 Å². The Morgan fingerprint density at radius 1 is 1.11 bits per heavy atom. The molecular formula is C28H31N3O6S. The predicted octanol–water partition coefficient (Wildman–Crippen LogP) is 3.90. The van der Waals surface area contributed by atoms with Crippen molar-refractivity contribution in [2.75, 3.05) is 26.7 Å². The van der Waals surface area contributed by atoms with E-state index in [0.29, 0.717) is 12.6 Å². The van der Waals surface area contributed by atoms with E-state index in [1.807, 2.05) is 35.6 Å². The molecule has 0 saturated carbocycles. The van der Waals surface area contributed by atoms with Crippen molar-refractivity contribution in [3.05, 3.63) is 71.2 Å². The van der Waals surface area contributed by atoms with Crippen molar-refractivity contribution in [1.29, 1.82) is 0 Å². The zero-order valence-electron chi connectivity index (χ0n) is 21.0. The summed E-state index contributed by atoms with van der Waals surface area (Å²) in [6.07, 6.45) is 3.43. The van der Waals surface area contributed by atoms with Crippen LogP contribution in [0.5, 0.6) is 5.75 Å². The molecule has 9 nitrogen and oxygen atoms in total. The van der Waals surface area contributed by atoms with E-state index < -0.39 is 18.0 Å². The number of aliphatic hydroxyl groups excluding tert-OH is 1. The number of hydrogen-bond donors (Lipinski definition) is 4. The number of nitrogens with one attached hydrogen (secondary N) is 1. The monoisotopic (exact) mass is 537 g/mol. The van der Waals surface area contributed by atoms with Gasteiger partial charge in [-0.3, -0.25) is 4.98 Å². The molecule has 0 aliphatic carbocycles. The summed E-state index contributed by atoms with van der Waals surface area (Å²) >= 11 is 1.88. The molecule has 1 aliphatic heterocycles. The maximum atomic E-state index is 11.0. The number of benzene rings is 2. The van der Waals surface area contributed by atoms with E-state index in [4.69, 9.17) is 24.5 Å². The third-order valence-corrected chi connectivity index (χ3v) is 7.70. The number of nitrogens with zero attached hydrogens (tertiary/aromatic N) is 2. The highest BCUT2D eigenvalue weighted by Crippen LogP contribution is 2.28. The number of thiophene rings is 1. The number of carbonyl (C=O) groups is 2. The molecule has 1 fully saturated rings. The summed E-state index contributed by atoms with van der Waals surface area (Å²) in [6, 6.07) is 19.1. The van der Waals surface area contributed by atoms with Crippen LogP contribution >= 0.6 is 11.3 Å². The molecule has 2 aromatic carbocycles.